The van der Waals surface area contributed by atoms with Crippen LogP contribution in [0.3, 0.4) is 0 Å². The highest BCUT2D eigenvalue weighted by Gasteiger charge is 2.38. The van der Waals surface area contributed by atoms with Crippen molar-refractivity contribution in [1.29, 1.82) is 0 Å². The number of ether oxygens (including phenoxy) is 1. The maximum absolute atomic E-state index is 11.7. The van der Waals surface area contributed by atoms with Gasteiger partial charge < -0.3 is 4.74 Å². The molecule has 19 nitrogen and oxygen atoms in total. The highest BCUT2D eigenvalue weighted by molar-refractivity contribution is 5.94. The van der Waals surface area contributed by atoms with E-state index in [1.54, 1.807) is 0 Å². The van der Waals surface area contributed by atoms with Crippen molar-refractivity contribution >= 4 is 39.5 Å². The number of hydrogen-bond acceptors (Lipinski definition) is 13. The predicted octanol–water partition coefficient (Wildman–Crippen LogP) is 1.97. The summed E-state index contributed by atoms with van der Waals surface area (Å²) in [6, 6.07) is 1.50. The minimum Gasteiger partial charge on any atom is -0.485 e. The fourth-order valence-corrected chi connectivity index (χ4v) is 2.89. The van der Waals surface area contributed by atoms with Crippen LogP contribution in [0, 0.1) is 50.6 Å². The van der Waals surface area contributed by atoms with Crippen LogP contribution in [0.5, 0.6) is 5.75 Å². The number of nitro benzene ring substituents is 5. The zero-order valence-corrected chi connectivity index (χ0v) is 15.3. The van der Waals surface area contributed by atoms with Gasteiger partial charge in [0.25, 0.3) is 11.4 Å². The number of benzene rings is 2. The topological polar surface area (TPSA) is 256 Å². The van der Waals surface area contributed by atoms with Crippen molar-refractivity contribution in [2.45, 2.75) is 0 Å². The highest BCUT2D eigenvalue weighted by atomic mass is 16.6. The quantitative estimate of drug-likeness (QED) is 0.368. The number of methoxy groups -OCH3 is 1. The van der Waals surface area contributed by atoms with Crippen molar-refractivity contribution in [3.63, 3.8) is 0 Å². The second-order valence-corrected chi connectivity index (χ2v) is 5.76. The van der Waals surface area contributed by atoms with Crippen LogP contribution in [0.4, 0.5) is 28.4 Å². The van der Waals surface area contributed by atoms with Crippen LogP contribution < -0.4 is 4.74 Å². The SMILES string of the molecule is COc1c([N+](=O)[O-])cc2nnn(-c3c([N+](=O)[O-])cc([N+](=O)[O-])cc3[N+](=O)[O-])c2c1[N+](=O)[O-]. The van der Waals surface area contributed by atoms with E-state index in [1.807, 2.05) is 0 Å². The molecule has 0 aliphatic rings. The van der Waals surface area contributed by atoms with E-state index in [2.05, 4.69) is 10.3 Å². The van der Waals surface area contributed by atoms with Crippen molar-refractivity contribution < 1.29 is 29.4 Å². The third kappa shape index (κ3) is 3.20. The predicted molar refractivity (Wildman–Crippen MR) is 98.7 cm³/mol. The Kier molecular flexibility index (Phi) is 4.99. The van der Waals surface area contributed by atoms with Crippen molar-refractivity contribution in [2.75, 3.05) is 7.11 Å². The van der Waals surface area contributed by atoms with Gasteiger partial charge in [-0.2, -0.15) is 4.68 Å². The zero-order valence-electron chi connectivity index (χ0n) is 15.3. The first-order chi connectivity index (χ1) is 15.0. The number of nitrogens with zero attached hydrogens (tertiary/aromatic N) is 8. The van der Waals surface area contributed by atoms with Gasteiger partial charge in [-0.15, -0.1) is 5.10 Å². The van der Waals surface area contributed by atoms with E-state index in [1.165, 1.54) is 0 Å². The second-order valence-electron chi connectivity index (χ2n) is 5.76. The molecule has 3 aromatic rings. The van der Waals surface area contributed by atoms with E-state index in [0.717, 1.165) is 7.11 Å². The summed E-state index contributed by atoms with van der Waals surface area (Å²) in [5.41, 5.74) is -7.60. The van der Waals surface area contributed by atoms with Crippen molar-refractivity contribution in [3.8, 4) is 11.4 Å². The average Bonchev–Trinajstić information content (AvgIpc) is 3.13. The lowest BCUT2D eigenvalue weighted by atomic mass is 10.1. The summed E-state index contributed by atoms with van der Waals surface area (Å²) in [6.07, 6.45) is 0. The van der Waals surface area contributed by atoms with Gasteiger partial charge in [0.05, 0.1) is 49.9 Å². The minimum absolute atomic E-state index is 0.333. The molecule has 3 rings (SSSR count). The largest absolute Gasteiger partial charge is 0.485 e. The van der Waals surface area contributed by atoms with E-state index in [0.29, 0.717) is 22.9 Å². The number of hydrogen-bond donors (Lipinski definition) is 0. The molecule has 0 atom stereocenters. The first kappa shape index (κ1) is 21.4. The first-order valence-corrected chi connectivity index (χ1v) is 7.86. The van der Waals surface area contributed by atoms with E-state index < -0.39 is 75.5 Å². The van der Waals surface area contributed by atoms with Crippen molar-refractivity contribution in [3.05, 3.63) is 68.8 Å². The van der Waals surface area contributed by atoms with Crippen molar-refractivity contribution in [2.24, 2.45) is 0 Å². The maximum atomic E-state index is 11.7. The third-order valence-electron chi connectivity index (χ3n) is 4.10. The lowest BCUT2D eigenvalue weighted by Crippen LogP contribution is -2.09. The Hall–Kier alpha value is -5.36. The molecule has 0 aliphatic carbocycles. The number of rotatable bonds is 7. The zero-order chi connectivity index (χ0) is 23.9. The lowest BCUT2D eigenvalue weighted by molar-refractivity contribution is -0.402. The summed E-state index contributed by atoms with van der Waals surface area (Å²) in [5, 5.41) is 64.0. The van der Waals surface area contributed by atoms with Gasteiger partial charge in [0.1, 0.15) is 5.52 Å². The number of non-ortho nitro benzene ring substituents is 1. The number of fused-ring (bicyclic) bond motifs is 1. The van der Waals surface area contributed by atoms with Gasteiger partial charge in [-0.3, -0.25) is 50.6 Å². The lowest BCUT2D eigenvalue weighted by Gasteiger charge is -2.07. The summed E-state index contributed by atoms with van der Waals surface area (Å²) in [5.74, 6) is -0.872. The Balaban J connectivity index is 2.58. The van der Waals surface area contributed by atoms with E-state index >= 15 is 0 Å². The molecule has 0 saturated carbocycles. The van der Waals surface area contributed by atoms with E-state index in [4.69, 9.17) is 4.74 Å². The Bertz CT molecular complexity index is 1330. The molecule has 19 heteroatoms. The van der Waals surface area contributed by atoms with E-state index in [9.17, 15) is 50.6 Å². The Morgan fingerprint density at radius 3 is 1.72 bits per heavy atom. The van der Waals surface area contributed by atoms with Gasteiger partial charge in [0.15, 0.2) is 5.52 Å². The molecule has 1 aromatic heterocycles. The monoisotopic (exact) mass is 450 g/mol. The fraction of sp³-hybridized carbons (Fsp3) is 0.0769. The summed E-state index contributed by atoms with van der Waals surface area (Å²) in [7, 11) is 0.881. The van der Waals surface area contributed by atoms with Crippen LogP contribution in [0.1, 0.15) is 0 Å². The van der Waals surface area contributed by atoms with Gasteiger partial charge in [0, 0.05) is 0 Å². The van der Waals surface area contributed by atoms with Crippen molar-refractivity contribution in [1.82, 2.24) is 15.0 Å². The summed E-state index contributed by atoms with van der Waals surface area (Å²) in [6.45, 7) is 0. The van der Waals surface area contributed by atoms with E-state index in [-0.39, 0.29) is 0 Å². The maximum Gasteiger partial charge on any atom is 0.346 e. The molecule has 0 aliphatic heterocycles. The molecule has 2 aromatic carbocycles. The molecule has 0 unspecified atom stereocenters. The van der Waals surface area contributed by atoms with Crippen LogP contribution in [-0.2, 0) is 0 Å². The van der Waals surface area contributed by atoms with Crippen LogP contribution in [0.25, 0.3) is 16.7 Å². The molecule has 32 heavy (non-hydrogen) atoms. The van der Waals surface area contributed by atoms with Gasteiger partial charge in [-0.25, -0.2) is 0 Å². The van der Waals surface area contributed by atoms with Gasteiger partial charge in [-0.05, 0) is 0 Å². The highest BCUT2D eigenvalue weighted by Crippen LogP contribution is 2.45. The van der Waals surface area contributed by atoms with Crippen LogP contribution in [0.15, 0.2) is 18.2 Å². The average molecular weight is 450 g/mol. The number of aromatic nitrogens is 3. The fourth-order valence-electron chi connectivity index (χ4n) is 2.89. The molecule has 0 saturated heterocycles. The van der Waals surface area contributed by atoms with Gasteiger partial charge in [-0.1, -0.05) is 5.21 Å². The van der Waals surface area contributed by atoms with Crippen LogP contribution in [-0.4, -0.2) is 46.7 Å². The van der Waals surface area contributed by atoms with Gasteiger partial charge in [0.2, 0.25) is 5.69 Å². The summed E-state index contributed by atoms with van der Waals surface area (Å²) >= 11 is 0. The molecule has 0 bridgehead atoms. The molecule has 0 fully saturated rings. The van der Waals surface area contributed by atoms with Crippen LogP contribution in [0.2, 0.25) is 0 Å². The minimum atomic E-state index is -1.20. The smallest absolute Gasteiger partial charge is 0.346 e. The normalized spacial score (nSPS) is 10.7. The molecule has 164 valence electrons. The third-order valence-corrected chi connectivity index (χ3v) is 4.10. The molecule has 0 spiro atoms. The number of nitro groups is 5. The molecular weight excluding hydrogens is 444 g/mol. The first-order valence-electron chi connectivity index (χ1n) is 7.86. The molecule has 0 radical (unpaired) electrons. The molecule has 1 heterocycles. The Labute approximate surface area is 172 Å². The van der Waals surface area contributed by atoms with Crippen LogP contribution >= 0.6 is 0 Å². The molecular formula is C13H6N8O11. The molecule has 0 N–H and O–H groups in total. The van der Waals surface area contributed by atoms with Gasteiger partial charge >= 0.3 is 22.7 Å². The summed E-state index contributed by atoms with van der Waals surface area (Å²) < 4.78 is 5.10. The Morgan fingerprint density at radius 2 is 1.31 bits per heavy atom. The molecule has 0 amide bonds. The summed E-state index contributed by atoms with van der Waals surface area (Å²) in [4.78, 5) is 51.5. The standard InChI is InChI=1S/C13H6N8O11/c1-32-13-9(20(28)29)4-6-10(12(13)21(30)31)16(15-14-6)11-7(18(24)25)2-5(17(22)23)3-8(11)19(26)27/h2-4H,1H3. The second kappa shape index (κ2) is 7.47. The Morgan fingerprint density at radius 1 is 0.781 bits per heavy atom.